The van der Waals surface area contributed by atoms with Gasteiger partial charge in [-0.3, -0.25) is 10.1 Å². The standard InChI is InChI=1S/C8H13NO3/c1-4-6(2)9-7(5-12-3)8(10)11/h1,6-7,9H,5H2,2-3H3,(H,10,11). The van der Waals surface area contributed by atoms with Crippen molar-refractivity contribution in [3.8, 4) is 12.3 Å². The Bertz CT molecular complexity index is 185. The van der Waals surface area contributed by atoms with Crippen molar-refractivity contribution < 1.29 is 14.6 Å². The Balaban J connectivity index is 3.97. The number of methoxy groups -OCH3 is 1. The van der Waals surface area contributed by atoms with Crippen LogP contribution in [0.25, 0.3) is 0 Å². The molecule has 0 aliphatic carbocycles. The molecule has 0 saturated carbocycles. The van der Waals surface area contributed by atoms with E-state index < -0.39 is 12.0 Å². The van der Waals surface area contributed by atoms with E-state index in [0.717, 1.165) is 0 Å². The lowest BCUT2D eigenvalue weighted by atomic mass is 10.2. The van der Waals surface area contributed by atoms with Gasteiger partial charge in [-0.2, -0.15) is 0 Å². The monoisotopic (exact) mass is 171 g/mol. The molecule has 0 aromatic rings. The van der Waals surface area contributed by atoms with Crippen LogP contribution in [0.4, 0.5) is 0 Å². The maximum atomic E-state index is 10.5. The number of carboxylic acids is 1. The van der Waals surface area contributed by atoms with Crippen molar-refractivity contribution in [3.63, 3.8) is 0 Å². The van der Waals surface area contributed by atoms with Crippen molar-refractivity contribution in [2.45, 2.75) is 19.0 Å². The molecule has 0 radical (unpaired) electrons. The molecule has 2 atom stereocenters. The van der Waals surface area contributed by atoms with Crippen molar-refractivity contribution in [2.75, 3.05) is 13.7 Å². The summed E-state index contributed by atoms with van der Waals surface area (Å²) >= 11 is 0. The second-order valence-electron chi connectivity index (χ2n) is 2.40. The van der Waals surface area contributed by atoms with Crippen LogP contribution in [0.1, 0.15) is 6.92 Å². The van der Waals surface area contributed by atoms with E-state index in [1.807, 2.05) is 0 Å². The molecule has 0 bridgehead atoms. The highest BCUT2D eigenvalue weighted by Gasteiger charge is 2.17. The Morgan fingerprint density at radius 2 is 2.42 bits per heavy atom. The van der Waals surface area contributed by atoms with E-state index >= 15 is 0 Å². The van der Waals surface area contributed by atoms with Gasteiger partial charge in [-0.25, -0.2) is 0 Å². The molecule has 0 rings (SSSR count). The molecule has 0 spiro atoms. The molecule has 0 heterocycles. The van der Waals surface area contributed by atoms with Crippen LogP contribution in [0.3, 0.4) is 0 Å². The van der Waals surface area contributed by atoms with Gasteiger partial charge >= 0.3 is 5.97 Å². The largest absolute Gasteiger partial charge is 0.480 e. The fraction of sp³-hybridized carbons (Fsp3) is 0.625. The Morgan fingerprint density at radius 1 is 1.83 bits per heavy atom. The molecule has 0 aliphatic heterocycles. The first-order valence-electron chi connectivity index (χ1n) is 3.55. The number of carboxylic acid groups (broad SMARTS) is 1. The zero-order chi connectivity index (χ0) is 9.56. The SMILES string of the molecule is C#CC(C)NC(COC)C(=O)O. The quantitative estimate of drug-likeness (QED) is 0.557. The van der Waals surface area contributed by atoms with Gasteiger partial charge in [0.05, 0.1) is 12.6 Å². The lowest BCUT2D eigenvalue weighted by Crippen LogP contribution is -2.44. The normalized spacial score (nSPS) is 14.8. The number of ether oxygens (including phenoxy) is 1. The van der Waals surface area contributed by atoms with Crippen molar-refractivity contribution in [3.05, 3.63) is 0 Å². The summed E-state index contributed by atoms with van der Waals surface area (Å²) in [5.74, 6) is 1.42. The molecule has 0 aromatic heterocycles. The van der Waals surface area contributed by atoms with Gasteiger partial charge in [0.15, 0.2) is 0 Å². The molecule has 4 heteroatoms. The summed E-state index contributed by atoms with van der Waals surface area (Å²) in [6.07, 6.45) is 5.07. The van der Waals surface area contributed by atoms with Crippen LogP contribution in [-0.2, 0) is 9.53 Å². The minimum Gasteiger partial charge on any atom is -0.480 e. The van der Waals surface area contributed by atoms with Crippen LogP contribution in [0.5, 0.6) is 0 Å². The second kappa shape index (κ2) is 5.58. The highest BCUT2D eigenvalue weighted by Crippen LogP contribution is 1.88. The Morgan fingerprint density at radius 3 is 2.75 bits per heavy atom. The van der Waals surface area contributed by atoms with E-state index in [2.05, 4.69) is 11.2 Å². The molecule has 0 amide bonds. The molecule has 2 unspecified atom stereocenters. The predicted molar refractivity (Wildman–Crippen MR) is 44.7 cm³/mol. The summed E-state index contributed by atoms with van der Waals surface area (Å²) in [5, 5.41) is 11.3. The van der Waals surface area contributed by atoms with E-state index in [-0.39, 0.29) is 12.6 Å². The van der Waals surface area contributed by atoms with Gasteiger partial charge in [-0.1, -0.05) is 5.92 Å². The summed E-state index contributed by atoms with van der Waals surface area (Å²) in [6, 6.07) is -0.998. The van der Waals surface area contributed by atoms with Crippen LogP contribution < -0.4 is 5.32 Å². The average Bonchev–Trinajstić information content (AvgIpc) is 2.03. The molecule has 0 aliphatic rings. The van der Waals surface area contributed by atoms with Gasteiger partial charge in [-0.05, 0) is 6.92 Å². The minimum absolute atomic E-state index is 0.112. The number of carbonyl (C=O) groups is 1. The number of hydrogen-bond donors (Lipinski definition) is 2. The molecular weight excluding hydrogens is 158 g/mol. The van der Waals surface area contributed by atoms with Crippen molar-refractivity contribution >= 4 is 5.97 Å². The van der Waals surface area contributed by atoms with Crippen LogP contribution >= 0.6 is 0 Å². The number of rotatable bonds is 5. The van der Waals surface area contributed by atoms with E-state index in [4.69, 9.17) is 16.3 Å². The van der Waals surface area contributed by atoms with Gasteiger partial charge in [0.2, 0.25) is 0 Å². The van der Waals surface area contributed by atoms with E-state index in [9.17, 15) is 4.79 Å². The van der Waals surface area contributed by atoms with E-state index in [1.165, 1.54) is 7.11 Å². The van der Waals surface area contributed by atoms with E-state index in [1.54, 1.807) is 6.92 Å². The summed E-state index contributed by atoms with van der Waals surface area (Å²) in [5.41, 5.74) is 0. The fourth-order valence-electron chi connectivity index (χ4n) is 0.707. The molecule has 0 aromatic carbocycles. The lowest BCUT2D eigenvalue weighted by molar-refractivity contribution is -0.140. The molecule has 68 valence electrons. The van der Waals surface area contributed by atoms with Crippen molar-refractivity contribution in [1.82, 2.24) is 5.32 Å². The number of terminal acetylenes is 1. The molecule has 2 N–H and O–H groups in total. The summed E-state index contributed by atoms with van der Waals surface area (Å²) in [4.78, 5) is 10.5. The smallest absolute Gasteiger partial charge is 0.323 e. The van der Waals surface area contributed by atoms with Crippen molar-refractivity contribution in [2.24, 2.45) is 0 Å². The first-order chi connectivity index (χ1) is 5.61. The summed E-state index contributed by atoms with van der Waals surface area (Å²) in [6.45, 7) is 1.83. The predicted octanol–water partition coefficient (Wildman–Crippen LogP) is -0.303. The van der Waals surface area contributed by atoms with Gasteiger partial charge in [-0.15, -0.1) is 6.42 Å². The Hall–Kier alpha value is -1.05. The van der Waals surface area contributed by atoms with Crippen LogP contribution in [-0.4, -0.2) is 36.9 Å². The Labute approximate surface area is 71.9 Å². The van der Waals surface area contributed by atoms with Gasteiger partial charge in [0, 0.05) is 7.11 Å². The first-order valence-corrected chi connectivity index (χ1v) is 3.55. The molecule has 0 fully saturated rings. The second-order valence-corrected chi connectivity index (χ2v) is 2.40. The maximum Gasteiger partial charge on any atom is 0.323 e. The van der Waals surface area contributed by atoms with Crippen LogP contribution in [0.2, 0.25) is 0 Å². The summed E-state index contributed by atoms with van der Waals surface area (Å²) < 4.78 is 4.70. The maximum absolute atomic E-state index is 10.5. The van der Waals surface area contributed by atoms with Crippen LogP contribution in [0.15, 0.2) is 0 Å². The third-order valence-corrected chi connectivity index (χ3v) is 1.33. The average molecular weight is 171 g/mol. The van der Waals surface area contributed by atoms with Crippen LogP contribution in [0, 0.1) is 12.3 Å². The van der Waals surface area contributed by atoms with Gasteiger partial charge in [0.1, 0.15) is 6.04 Å². The zero-order valence-electron chi connectivity index (χ0n) is 7.20. The van der Waals surface area contributed by atoms with Crippen molar-refractivity contribution in [1.29, 1.82) is 0 Å². The topological polar surface area (TPSA) is 58.6 Å². The zero-order valence-corrected chi connectivity index (χ0v) is 7.20. The third-order valence-electron chi connectivity index (χ3n) is 1.33. The number of hydrogen-bond acceptors (Lipinski definition) is 3. The van der Waals surface area contributed by atoms with E-state index in [0.29, 0.717) is 0 Å². The fourth-order valence-corrected chi connectivity index (χ4v) is 0.707. The first kappa shape index (κ1) is 11.0. The summed E-state index contributed by atoms with van der Waals surface area (Å²) in [7, 11) is 1.44. The van der Waals surface area contributed by atoms with Gasteiger partial charge in [0.25, 0.3) is 0 Å². The highest BCUT2D eigenvalue weighted by atomic mass is 16.5. The molecule has 0 saturated heterocycles. The molecular formula is C8H13NO3. The highest BCUT2D eigenvalue weighted by molar-refractivity contribution is 5.73. The third kappa shape index (κ3) is 3.96. The molecule has 4 nitrogen and oxygen atoms in total. The number of aliphatic carboxylic acids is 1. The lowest BCUT2D eigenvalue weighted by Gasteiger charge is -2.15. The van der Waals surface area contributed by atoms with Gasteiger partial charge < -0.3 is 9.84 Å². The number of nitrogens with one attached hydrogen (secondary N) is 1. The minimum atomic E-state index is -0.959. The Kier molecular flexibility index (Phi) is 5.09. The molecule has 12 heavy (non-hydrogen) atoms.